The molecule has 0 spiro atoms. The van der Waals surface area contributed by atoms with Gasteiger partial charge >= 0.3 is 61.4 Å². The molecule has 1 radical (unpaired) electrons. The fraction of sp³-hybridized carbons (Fsp3) is 0.875. The molecule has 0 unspecified atom stereocenters. The second kappa shape index (κ2) is 9.49. The summed E-state index contributed by atoms with van der Waals surface area (Å²) in [5, 5.41) is 7.85. The fourth-order valence-electron chi connectivity index (χ4n) is 0.750. The SMILES string of the molecule is C[CH2][Pb]([CH2]C)[CH2]C.O=C(O)C(Cl)(Cl)Cl. The molecule has 0 bridgehead atoms. The van der Waals surface area contributed by atoms with Gasteiger partial charge in [0.1, 0.15) is 0 Å². The summed E-state index contributed by atoms with van der Waals surface area (Å²) in [4.78, 5) is 9.62. The summed E-state index contributed by atoms with van der Waals surface area (Å²) < 4.78 is 2.53. The predicted octanol–water partition coefficient (Wildman–Crippen LogP) is 3.98. The molecule has 0 aromatic rings. The Balaban J connectivity index is 0. The minimum atomic E-state index is -2.17. The van der Waals surface area contributed by atoms with Crippen molar-refractivity contribution in [2.24, 2.45) is 0 Å². The van der Waals surface area contributed by atoms with Crippen LogP contribution in [0, 0.1) is 0 Å². The molecule has 0 rings (SSSR count). The van der Waals surface area contributed by atoms with Crippen LogP contribution < -0.4 is 0 Å². The minimum absolute atomic E-state index is 0.789. The van der Waals surface area contributed by atoms with Crippen LogP contribution in [0.2, 0.25) is 11.9 Å². The molecular formula is C8H16Cl3O2Pb. The number of carboxylic acids is 1. The Morgan fingerprint density at radius 3 is 1.36 bits per heavy atom. The molecule has 1 N–H and O–H groups in total. The summed E-state index contributed by atoms with van der Waals surface area (Å²) in [5.41, 5.74) is 0. The molecule has 0 aromatic carbocycles. The number of carbonyl (C=O) groups is 1. The number of aliphatic carboxylic acids is 1. The van der Waals surface area contributed by atoms with Gasteiger partial charge in [0.2, 0.25) is 0 Å². The fourth-order valence-corrected chi connectivity index (χ4v) is 6.58. The van der Waals surface area contributed by atoms with Gasteiger partial charge in [0.25, 0.3) is 3.79 Å². The van der Waals surface area contributed by atoms with Gasteiger partial charge in [0.15, 0.2) is 0 Å². The van der Waals surface area contributed by atoms with E-state index < -0.39 is 32.5 Å². The minimum Gasteiger partial charge on any atom is -0.478 e. The molecule has 0 atom stereocenters. The molecule has 0 amide bonds. The van der Waals surface area contributed by atoms with Gasteiger partial charge in [-0.3, -0.25) is 0 Å². The van der Waals surface area contributed by atoms with Crippen molar-refractivity contribution in [3.63, 3.8) is 0 Å². The van der Waals surface area contributed by atoms with E-state index in [9.17, 15) is 4.79 Å². The van der Waals surface area contributed by atoms with Crippen LogP contribution in [0.15, 0.2) is 0 Å². The summed E-state index contributed by atoms with van der Waals surface area (Å²) in [5.74, 6) is -1.46. The van der Waals surface area contributed by atoms with Gasteiger partial charge in [-0.15, -0.1) is 0 Å². The second-order valence-electron chi connectivity index (χ2n) is 2.61. The molecule has 0 aliphatic heterocycles. The average molecular weight is 458 g/mol. The summed E-state index contributed by atoms with van der Waals surface area (Å²) in [7, 11) is 0. The number of halogens is 3. The predicted molar refractivity (Wildman–Crippen MR) is 65.1 cm³/mol. The standard InChI is InChI=1S/C2HCl3O2.3C2H5.Pb/c3-2(4,5)1(6)7;3*1-2;/h(H,6,7);3*1H2,2H3;. The van der Waals surface area contributed by atoms with Crippen LogP contribution in [0.4, 0.5) is 0 Å². The third-order valence-corrected chi connectivity index (χ3v) is 13.9. The van der Waals surface area contributed by atoms with Crippen molar-refractivity contribution in [2.75, 3.05) is 0 Å². The molecule has 85 valence electrons. The molecule has 2 nitrogen and oxygen atoms in total. The maximum atomic E-state index is 9.62. The van der Waals surface area contributed by atoms with E-state index in [4.69, 9.17) is 39.9 Å². The van der Waals surface area contributed by atoms with Crippen LogP contribution in [-0.2, 0) is 4.79 Å². The Labute approximate surface area is 109 Å². The van der Waals surface area contributed by atoms with Crippen molar-refractivity contribution in [2.45, 2.75) is 36.5 Å². The van der Waals surface area contributed by atoms with E-state index in [0.717, 1.165) is 0 Å². The van der Waals surface area contributed by atoms with E-state index >= 15 is 0 Å². The van der Waals surface area contributed by atoms with Crippen molar-refractivity contribution in [3.05, 3.63) is 0 Å². The van der Waals surface area contributed by atoms with Crippen LogP contribution >= 0.6 is 34.8 Å². The zero-order valence-electron chi connectivity index (χ0n) is 8.61. The zero-order chi connectivity index (χ0) is 11.8. The number of alkyl halides is 3. The van der Waals surface area contributed by atoms with Crippen LogP contribution in [0.3, 0.4) is 0 Å². The van der Waals surface area contributed by atoms with Gasteiger partial charge in [0.05, 0.1) is 0 Å². The largest absolute Gasteiger partial charge is 0.478 e. The summed E-state index contributed by atoms with van der Waals surface area (Å²) >= 11 is 13.6. The summed E-state index contributed by atoms with van der Waals surface area (Å²) in [6.07, 6.45) is 0. The first-order valence-electron chi connectivity index (χ1n) is 4.43. The van der Waals surface area contributed by atoms with Crippen molar-refractivity contribution >= 4 is 63.5 Å². The Morgan fingerprint density at radius 2 is 1.36 bits per heavy atom. The molecule has 6 heteroatoms. The maximum Gasteiger partial charge on any atom is 0.356 e. The zero-order valence-corrected chi connectivity index (χ0v) is 14.8. The molecule has 0 saturated carbocycles. The number of carboxylic acid groups (broad SMARTS) is 1. The van der Waals surface area contributed by atoms with Crippen LogP contribution in [-0.4, -0.2) is 37.6 Å². The van der Waals surface area contributed by atoms with Crippen LogP contribution in [0.5, 0.6) is 0 Å². The van der Waals surface area contributed by atoms with Crippen LogP contribution in [0.25, 0.3) is 0 Å². The van der Waals surface area contributed by atoms with Crippen molar-refractivity contribution in [1.82, 2.24) is 0 Å². The molecule has 0 aromatic heterocycles. The van der Waals surface area contributed by atoms with E-state index in [1.54, 1.807) is 11.9 Å². The molecular weight excluding hydrogens is 442 g/mol. The molecule has 0 saturated heterocycles. The maximum absolute atomic E-state index is 9.62. The van der Waals surface area contributed by atoms with Gasteiger partial charge in [-0.25, -0.2) is 4.79 Å². The number of hydrogen-bond donors (Lipinski definition) is 1. The quantitative estimate of drug-likeness (QED) is 0.514. The normalized spacial score (nSPS) is 10.8. The summed E-state index contributed by atoms with van der Waals surface area (Å²) in [6.45, 7) is 7.07. The monoisotopic (exact) mass is 457 g/mol. The Morgan fingerprint density at radius 1 is 1.14 bits per heavy atom. The smallest absolute Gasteiger partial charge is 0.356 e. The van der Waals surface area contributed by atoms with E-state index in [-0.39, 0.29) is 0 Å². The first-order chi connectivity index (χ1) is 6.29. The van der Waals surface area contributed by atoms with Gasteiger partial charge in [-0.2, -0.15) is 0 Å². The third-order valence-electron chi connectivity index (χ3n) is 1.74. The van der Waals surface area contributed by atoms with E-state index in [1.807, 2.05) is 0 Å². The van der Waals surface area contributed by atoms with Crippen LogP contribution in [0.1, 0.15) is 20.8 Å². The van der Waals surface area contributed by atoms with E-state index in [1.165, 1.54) is 0 Å². The van der Waals surface area contributed by atoms with Crippen molar-refractivity contribution < 1.29 is 9.90 Å². The number of rotatable bonds is 3. The number of hydrogen-bond acceptors (Lipinski definition) is 1. The Kier molecular flexibility index (Phi) is 12.0. The van der Waals surface area contributed by atoms with Gasteiger partial charge in [0, 0.05) is 0 Å². The Bertz CT molecular complexity index is 150. The van der Waals surface area contributed by atoms with E-state index in [2.05, 4.69) is 20.8 Å². The first-order valence-corrected chi connectivity index (χ1v) is 13.8. The van der Waals surface area contributed by atoms with Crippen molar-refractivity contribution in [3.8, 4) is 0 Å². The first kappa shape index (κ1) is 17.7. The van der Waals surface area contributed by atoms with Gasteiger partial charge < -0.3 is 5.11 Å². The summed E-state index contributed by atoms with van der Waals surface area (Å²) in [6, 6.07) is 0. The molecule has 0 aliphatic rings. The van der Waals surface area contributed by atoms with Gasteiger partial charge in [-0.1, -0.05) is 34.8 Å². The Hall–Kier alpha value is 1.26. The second-order valence-corrected chi connectivity index (χ2v) is 19.0. The molecule has 14 heavy (non-hydrogen) atoms. The molecule has 0 heterocycles. The van der Waals surface area contributed by atoms with Crippen molar-refractivity contribution in [1.29, 1.82) is 0 Å². The van der Waals surface area contributed by atoms with E-state index in [0.29, 0.717) is 0 Å². The topological polar surface area (TPSA) is 37.3 Å². The average Bonchev–Trinajstić information content (AvgIpc) is 2.07. The molecule has 0 fully saturated rings. The third kappa shape index (κ3) is 11.3. The molecule has 0 aliphatic carbocycles. The van der Waals surface area contributed by atoms with Gasteiger partial charge in [-0.05, 0) is 0 Å².